The second kappa shape index (κ2) is 6.83. The van der Waals surface area contributed by atoms with Crippen LogP contribution in [0, 0.1) is 0 Å². The number of hydrogen-bond acceptors (Lipinski definition) is 4. The Morgan fingerprint density at radius 1 is 0.967 bits per heavy atom. The van der Waals surface area contributed by atoms with E-state index in [1.807, 2.05) is 0 Å². The topological polar surface area (TPSA) is 49.4 Å². The third kappa shape index (κ3) is 2.87. The third-order valence-corrected chi connectivity index (χ3v) is 7.78. The summed E-state index contributed by atoms with van der Waals surface area (Å²) in [4.78, 5) is 28.5. The zero-order valence-electron chi connectivity index (χ0n) is 18.6. The molecule has 0 aromatic heterocycles. The Labute approximate surface area is 179 Å². The van der Waals surface area contributed by atoms with Gasteiger partial charge in [0.25, 0.3) is 0 Å². The molecule has 1 aromatic carbocycles. The smallest absolute Gasteiger partial charge is 0.161 e. The number of nitrogens with one attached hydrogen (secondary N) is 1. The molecule has 0 radical (unpaired) electrons. The monoisotopic (exact) mass is 404 g/mol. The van der Waals surface area contributed by atoms with Crippen molar-refractivity contribution in [2.75, 3.05) is 11.9 Å². The third-order valence-electron chi connectivity index (χ3n) is 7.78. The molecular formula is C26H32N2O2. The van der Waals surface area contributed by atoms with Gasteiger partial charge in [-0.15, -0.1) is 0 Å². The molecule has 30 heavy (non-hydrogen) atoms. The van der Waals surface area contributed by atoms with Crippen LogP contribution in [0.5, 0.6) is 0 Å². The number of fused-ring (bicyclic) bond motifs is 1. The van der Waals surface area contributed by atoms with Gasteiger partial charge in [0, 0.05) is 59.6 Å². The van der Waals surface area contributed by atoms with Crippen LogP contribution in [0.25, 0.3) is 0 Å². The molecule has 4 nitrogen and oxygen atoms in total. The fraction of sp³-hybridized carbons (Fsp3) is 0.538. The summed E-state index contributed by atoms with van der Waals surface area (Å²) in [5.41, 5.74) is 7.67. The van der Waals surface area contributed by atoms with Crippen LogP contribution < -0.4 is 10.2 Å². The van der Waals surface area contributed by atoms with Gasteiger partial charge in [0.05, 0.1) is 0 Å². The predicted octanol–water partition coefficient (Wildman–Crippen LogP) is 5.11. The fourth-order valence-electron chi connectivity index (χ4n) is 6.09. The molecule has 0 bridgehead atoms. The van der Waals surface area contributed by atoms with E-state index in [9.17, 15) is 9.59 Å². The number of nitrogens with zero attached hydrogens (tertiary/aromatic N) is 1. The highest BCUT2D eigenvalue weighted by molar-refractivity contribution is 6.06. The first-order valence-corrected chi connectivity index (χ1v) is 11.4. The zero-order chi connectivity index (χ0) is 21.2. The molecule has 1 N–H and O–H groups in total. The first kappa shape index (κ1) is 19.6. The maximum Gasteiger partial charge on any atom is 0.161 e. The normalized spacial score (nSPS) is 26.3. The average molecular weight is 405 g/mol. The number of allylic oxidation sites excluding steroid dienone is 4. The van der Waals surface area contributed by atoms with E-state index in [1.54, 1.807) is 0 Å². The maximum absolute atomic E-state index is 13.0. The van der Waals surface area contributed by atoms with Gasteiger partial charge in [0.1, 0.15) is 0 Å². The molecule has 2 aliphatic carbocycles. The quantitative estimate of drug-likeness (QED) is 0.707. The summed E-state index contributed by atoms with van der Waals surface area (Å²) < 4.78 is 0. The van der Waals surface area contributed by atoms with Crippen LogP contribution in [0.3, 0.4) is 0 Å². The second-order valence-electron chi connectivity index (χ2n) is 10.2. The largest absolute Gasteiger partial charge is 0.369 e. The SMILES string of the molecule is C[C@@H]1CC(C)(C)N(C)c2ccc(C3C4=C(CCCC4=O)NC4=C3C(=O)CCC4)cc21. The van der Waals surface area contributed by atoms with E-state index < -0.39 is 0 Å². The van der Waals surface area contributed by atoms with Gasteiger partial charge in [0.15, 0.2) is 11.6 Å². The lowest BCUT2D eigenvalue weighted by Crippen LogP contribution is -2.45. The lowest BCUT2D eigenvalue weighted by atomic mass is 9.70. The highest BCUT2D eigenvalue weighted by Crippen LogP contribution is 2.48. The summed E-state index contributed by atoms with van der Waals surface area (Å²) in [6, 6.07) is 6.67. The number of hydrogen-bond donors (Lipinski definition) is 1. The zero-order valence-corrected chi connectivity index (χ0v) is 18.6. The molecule has 4 aliphatic rings. The molecule has 0 spiro atoms. The van der Waals surface area contributed by atoms with Crippen molar-refractivity contribution in [3.63, 3.8) is 0 Å². The van der Waals surface area contributed by atoms with E-state index in [2.05, 4.69) is 56.2 Å². The molecule has 1 atom stereocenters. The molecule has 0 saturated heterocycles. The van der Waals surface area contributed by atoms with Gasteiger partial charge in [-0.2, -0.15) is 0 Å². The van der Waals surface area contributed by atoms with Crippen LogP contribution in [0.15, 0.2) is 40.7 Å². The van der Waals surface area contributed by atoms with Crippen LogP contribution in [0.1, 0.15) is 88.7 Å². The van der Waals surface area contributed by atoms with Crippen molar-refractivity contribution in [1.82, 2.24) is 5.32 Å². The van der Waals surface area contributed by atoms with Crippen molar-refractivity contribution >= 4 is 17.3 Å². The number of anilines is 1. The minimum Gasteiger partial charge on any atom is -0.369 e. The minimum atomic E-state index is -0.199. The molecule has 0 fully saturated rings. The standard InChI is InChI=1S/C26H32N2O2/c1-15-14-26(2,3)28(4)20-12-11-16(13-17(15)20)23-24-18(7-5-9-21(24)29)27-19-8-6-10-22(30)25(19)23/h11-13,15,23,27H,5-10,14H2,1-4H3/t15-/m1/s1. The Balaban J connectivity index is 1.67. The Morgan fingerprint density at radius 2 is 1.57 bits per heavy atom. The average Bonchev–Trinajstić information content (AvgIpc) is 2.70. The summed E-state index contributed by atoms with van der Waals surface area (Å²) in [5.74, 6) is 0.666. The molecule has 2 heterocycles. The number of carbonyl (C=O) groups is 2. The van der Waals surface area contributed by atoms with Gasteiger partial charge in [-0.25, -0.2) is 0 Å². The molecule has 0 amide bonds. The first-order valence-electron chi connectivity index (χ1n) is 11.4. The second-order valence-corrected chi connectivity index (χ2v) is 10.2. The van der Waals surface area contributed by atoms with Crippen molar-refractivity contribution in [3.05, 3.63) is 51.9 Å². The van der Waals surface area contributed by atoms with Gasteiger partial charge < -0.3 is 10.2 Å². The Hall–Kier alpha value is -2.36. The number of dihydropyridines is 1. The van der Waals surface area contributed by atoms with Crippen molar-refractivity contribution in [1.29, 1.82) is 0 Å². The Morgan fingerprint density at radius 3 is 2.17 bits per heavy atom. The van der Waals surface area contributed by atoms with Crippen molar-refractivity contribution in [2.24, 2.45) is 0 Å². The first-order chi connectivity index (χ1) is 14.3. The van der Waals surface area contributed by atoms with E-state index in [1.165, 1.54) is 11.3 Å². The van der Waals surface area contributed by atoms with E-state index in [4.69, 9.17) is 0 Å². The number of Topliss-reactive ketones (excluding diaryl/α,β-unsaturated/α-hetero) is 2. The predicted molar refractivity (Wildman–Crippen MR) is 120 cm³/mol. The molecule has 0 saturated carbocycles. The summed E-state index contributed by atoms with van der Waals surface area (Å²) >= 11 is 0. The van der Waals surface area contributed by atoms with Gasteiger partial charge in [0.2, 0.25) is 0 Å². The highest BCUT2D eigenvalue weighted by Gasteiger charge is 2.41. The fourth-order valence-corrected chi connectivity index (χ4v) is 6.09. The van der Waals surface area contributed by atoms with E-state index >= 15 is 0 Å². The maximum atomic E-state index is 13.0. The van der Waals surface area contributed by atoms with Gasteiger partial charge in [-0.3, -0.25) is 9.59 Å². The van der Waals surface area contributed by atoms with E-state index in [0.717, 1.165) is 60.2 Å². The van der Waals surface area contributed by atoms with Crippen LogP contribution >= 0.6 is 0 Å². The Bertz CT molecular complexity index is 972. The number of benzene rings is 1. The lowest BCUT2D eigenvalue weighted by Gasteiger charge is -2.46. The summed E-state index contributed by atoms with van der Waals surface area (Å²) in [6.45, 7) is 6.89. The summed E-state index contributed by atoms with van der Waals surface area (Å²) in [7, 11) is 2.17. The number of carbonyl (C=O) groups excluding carboxylic acids is 2. The Kier molecular flexibility index (Phi) is 4.46. The van der Waals surface area contributed by atoms with Gasteiger partial charge >= 0.3 is 0 Å². The lowest BCUT2D eigenvalue weighted by molar-refractivity contribution is -0.116. The molecule has 2 aliphatic heterocycles. The van der Waals surface area contributed by atoms with Crippen LogP contribution in [-0.2, 0) is 9.59 Å². The van der Waals surface area contributed by atoms with Crippen molar-refractivity contribution in [3.8, 4) is 0 Å². The van der Waals surface area contributed by atoms with Gasteiger partial charge in [-0.1, -0.05) is 19.1 Å². The number of rotatable bonds is 1. The highest BCUT2D eigenvalue weighted by atomic mass is 16.1. The van der Waals surface area contributed by atoms with Crippen molar-refractivity contribution < 1.29 is 9.59 Å². The molecule has 4 heteroatoms. The van der Waals surface area contributed by atoms with E-state index in [-0.39, 0.29) is 23.0 Å². The van der Waals surface area contributed by atoms with Gasteiger partial charge in [-0.05, 0) is 69.1 Å². The number of ketones is 2. The van der Waals surface area contributed by atoms with Crippen molar-refractivity contribution in [2.45, 2.75) is 83.1 Å². The summed E-state index contributed by atoms with van der Waals surface area (Å²) in [5, 5.41) is 3.52. The molecule has 5 rings (SSSR count). The van der Waals surface area contributed by atoms with Crippen LogP contribution in [-0.4, -0.2) is 24.2 Å². The minimum absolute atomic E-state index is 0.118. The molecule has 158 valence electrons. The van der Waals surface area contributed by atoms with E-state index in [0.29, 0.717) is 18.8 Å². The molecule has 0 unspecified atom stereocenters. The van der Waals surface area contributed by atoms with Crippen LogP contribution in [0.4, 0.5) is 5.69 Å². The van der Waals surface area contributed by atoms with Crippen LogP contribution in [0.2, 0.25) is 0 Å². The molecular weight excluding hydrogens is 372 g/mol. The molecule has 1 aromatic rings. The summed E-state index contributed by atoms with van der Waals surface area (Å²) in [6.07, 6.45) is 5.87.